The number of hydrogen-bond acceptors (Lipinski definition) is 5. The molecule has 0 heterocycles. The molecule has 1 aliphatic carbocycles. The van der Waals surface area contributed by atoms with Crippen molar-refractivity contribution in [1.29, 1.82) is 0 Å². The summed E-state index contributed by atoms with van der Waals surface area (Å²) < 4.78 is 27.8. The first-order valence-corrected chi connectivity index (χ1v) is 15.0. The molecule has 40 heavy (non-hydrogen) atoms. The first kappa shape index (κ1) is 29.9. The lowest BCUT2D eigenvalue weighted by molar-refractivity contribution is -0.128. The van der Waals surface area contributed by atoms with Gasteiger partial charge >= 0.3 is 0 Å². The second kappa shape index (κ2) is 12.2. The molecular weight excluding hydrogens is 597 g/mol. The summed E-state index contributed by atoms with van der Waals surface area (Å²) in [6.45, 7) is 2.86. The molecule has 0 fully saturated rings. The van der Waals surface area contributed by atoms with Crippen molar-refractivity contribution in [3.05, 3.63) is 92.4 Å². The van der Waals surface area contributed by atoms with Gasteiger partial charge in [-0.15, -0.1) is 0 Å². The van der Waals surface area contributed by atoms with Gasteiger partial charge in [0.2, 0.25) is 11.8 Å². The van der Waals surface area contributed by atoms with E-state index in [1.54, 1.807) is 55.5 Å². The number of benzene rings is 3. The zero-order valence-electron chi connectivity index (χ0n) is 21.5. The highest BCUT2D eigenvalue weighted by atomic mass is 35.5. The van der Waals surface area contributed by atoms with Gasteiger partial charge in [-0.3, -0.25) is 14.4 Å². The number of hydrogen-bond donors (Lipinski definition) is 3. The quantitative estimate of drug-likeness (QED) is 0.327. The number of sulfone groups is 1. The van der Waals surface area contributed by atoms with Crippen LogP contribution in [0, 0.1) is 0 Å². The summed E-state index contributed by atoms with van der Waals surface area (Å²) in [4.78, 5) is 37.1. The predicted octanol–water partition coefficient (Wildman–Crippen LogP) is 5.37. The van der Waals surface area contributed by atoms with Crippen LogP contribution < -0.4 is 16.0 Å². The first-order chi connectivity index (χ1) is 18.9. The molecular formula is C28H26Cl3N3O5S. The van der Waals surface area contributed by atoms with Gasteiger partial charge in [0, 0.05) is 23.7 Å². The number of halogens is 3. The Labute approximate surface area is 247 Å². The zero-order valence-corrected chi connectivity index (χ0v) is 24.6. The van der Waals surface area contributed by atoms with E-state index in [2.05, 4.69) is 16.0 Å². The normalized spacial score (nSPS) is 17.3. The molecule has 4 rings (SSSR count). The van der Waals surface area contributed by atoms with E-state index in [0.29, 0.717) is 23.2 Å². The van der Waals surface area contributed by atoms with Crippen molar-refractivity contribution >= 4 is 68.0 Å². The highest BCUT2D eigenvalue weighted by molar-refractivity contribution is 7.91. The van der Waals surface area contributed by atoms with Crippen LogP contribution in [-0.2, 0) is 25.8 Å². The van der Waals surface area contributed by atoms with Crippen LogP contribution in [0.4, 0.5) is 5.69 Å². The highest BCUT2D eigenvalue weighted by Gasteiger charge is 2.38. The van der Waals surface area contributed by atoms with Crippen LogP contribution in [0.3, 0.4) is 0 Å². The van der Waals surface area contributed by atoms with Crippen molar-refractivity contribution in [3.8, 4) is 0 Å². The summed E-state index contributed by atoms with van der Waals surface area (Å²) in [5.41, 5.74) is 1.63. The summed E-state index contributed by atoms with van der Waals surface area (Å²) in [6, 6.07) is 14.3. The molecule has 0 saturated heterocycles. The molecule has 1 aliphatic rings. The fourth-order valence-corrected chi connectivity index (χ4v) is 7.46. The topological polar surface area (TPSA) is 121 Å². The smallest absolute Gasteiger partial charge is 0.258 e. The van der Waals surface area contributed by atoms with Gasteiger partial charge in [0.05, 0.1) is 25.8 Å². The predicted molar refractivity (Wildman–Crippen MR) is 156 cm³/mol. The SMILES string of the molecule is CC(=O)N[C@H](C)C(=O)N[C@@H]1Cc2ccc(NC(=O)c3c(Cl)cccc3Cl)cc2C(S(=O)(=O)c2cccc(Cl)c2)C1. The minimum absolute atomic E-state index is 0.0341. The number of fused-ring (bicyclic) bond motifs is 1. The minimum atomic E-state index is -3.98. The maximum atomic E-state index is 13.9. The van der Waals surface area contributed by atoms with Crippen LogP contribution in [0.5, 0.6) is 0 Å². The molecule has 3 aromatic carbocycles. The average Bonchev–Trinajstić information content (AvgIpc) is 2.87. The third-order valence-electron chi connectivity index (χ3n) is 6.56. The molecule has 12 heteroatoms. The monoisotopic (exact) mass is 621 g/mol. The van der Waals surface area contributed by atoms with Crippen LogP contribution in [0.2, 0.25) is 15.1 Å². The van der Waals surface area contributed by atoms with E-state index in [4.69, 9.17) is 34.8 Å². The van der Waals surface area contributed by atoms with Gasteiger partial charge in [-0.2, -0.15) is 0 Å². The summed E-state index contributed by atoms with van der Waals surface area (Å²) in [5, 5.41) is 7.71. The van der Waals surface area contributed by atoms with Crippen LogP contribution >= 0.6 is 34.8 Å². The maximum Gasteiger partial charge on any atom is 0.258 e. The molecule has 0 radical (unpaired) electrons. The number of amides is 3. The summed E-state index contributed by atoms with van der Waals surface area (Å²) in [7, 11) is -3.98. The van der Waals surface area contributed by atoms with Gasteiger partial charge in [0.25, 0.3) is 5.91 Å². The summed E-state index contributed by atoms with van der Waals surface area (Å²) in [6.07, 6.45) is 0.411. The Morgan fingerprint density at radius 1 is 0.950 bits per heavy atom. The van der Waals surface area contributed by atoms with Crippen molar-refractivity contribution in [3.63, 3.8) is 0 Å². The van der Waals surface area contributed by atoms with E-state index in [9.17, 15) is 22.8 Å². The fraction of sp³-hybridized carbons (Fsp3) is 0.250. The minimum Gasteiger partial charge on any atom is -0.351 e. The van der Waals surface area contributed by atoms with E-state index >= 15 is 0 Å². The van der Waals surface area contributed by atoms with E-state index in [0.717, 1.165) is 0 Å². The summed E-state index contributed by atoms with van der Waals surface area (Å²) >= 11 is 18.5. The Bertz CT molecular complexity index is 1580. The molecule has 8 nitrogen and oxygen atoms in total. The fourth-order valence-electron chi connectivity index (χ4n) is 4.71. The zero-order chi connectivity index (χ0) is 29.2. The molecule has 0 spiro atoms. The molecule has 210 valence electrons. The van der Waals surface area contributed by atoms with Gasteiger partial charge in [0.15, 0.2) is 9.84 Å². The van der Waals surface area contributed by atoms with Gasteiger partial charge in [-0.1, -0.05) is 53.0 Å². The molecule has 3 aromatic rings. The van der Waals surface area contributed by atoms with Crippen molar-refractivity contribution < 1.29 is 22.8 Å². The van der Waals surface area contributed by atoms with E-state index < -0.39 is 39.0 Å². The number of anilines is 1. The van der Waals surface area contributed by atoms with Crippen LogP contribution in [0.1, 0.15) is 47.0 Å². The molecule has 0 aromatic heterocycles. The molecule has 3 atom stereocenters. The second-order valence-corrected chi connectivity index (χ2v) is 12.9. The van der Waals surface area contributed by atoms with Crippen molar-refractivity contribution in [2.45, 2.75) is 48.9 Å². The third-order valence-corrected chi connectivity index (χ3v) is 9.54. The van der Waals surface area contributed by atoms with Gasteiger partial charge in [0.1, 0.15) is 6.04 Å². The Balaban J connectivity index is 1.70. The van der Waals surface area contributed by atoms with Gasteiger partial charge < -0.3 is 16.0 Å². The number of carbonyl (C=O) groups is 3. The van der Waals surface area contributed by atoms with E-state index in [-0.39, 0.29) is 37.9 Å². The summed E-state index contributed by atoms with van der Waals surface area (Å²) in [5.74, 6) is -1.33. The molecule has 0 bridgehead atoms. The Morgan fingerprint density at radius 3 is 2.27 bits per heavy atom. The first-order valence-electron chi connectivity index (χ1n) is 12.3. The molecule has 0 aliphatic heterocycles. The van der Waals surface area contributed by atoms with Gasteiger partial charge in [-0.05, 0) is 73.4 Å². The lowest BCUT2D eigenvalue weighted by Crippen LogP contribution is -2.49. The highest BCUT2D eigenvalue weighted by Crippen LogP contribution is 2.41. The van der Waals surface area contributed by atoms with E-state index in [1.807, 2.05) is 0 Å². The van der Waals surface area contributed by atoms with Crippen molar-refractivity contribution in [2.75, 3.05) is 5.32 Å². The molecule has 0 saturated carbocycles. The van der Waals surface area contributed by atoms with Crippen LogP contribution in [-0.4, -0.2) is 38.2 Å². The maximum absolute atomic E-state index is 13.9. The third kappa shape index (κ3) is 6.61. The Hall–Kier alpha value is -3.11. The standard InChI is InChI=1S/C28H26Cl3N3O5S/c1-15(32-16(2)35)27(36)34-20-11-17-9-10-19(33-28(37)26-23(30)7-4-8-24(26)31)13-22(17)25(14-20)40(38,39)21-6-3-5-18(29)12-21/h3-10,12-13,15,20,25H,11,14H2,1-2H3,(H,32,35)(H,33,37)(H,34,36)/t15-,20-,25?/m1/s1. The molecule has 3 N–H and O–H groups in total. The lowest BCUT2D eigenvalue weighted by atomic mass is 9.87. The van der Waals surface area contributed by atoms with Crippen LogP contribution in [0.25, 0.3) is 0 Å². The lowest BCUT2D eigenvalue weighted by Gasteiger charge is -2.33. The van der Waals surface area contributed by atoms with Crippen molar-refractivity contribution in [1.82, 2.24) is 10.6 Å². The Kier molecular flexibility index (Phi) is 9.09. The van der Waals surface area contributed by atoms with E-state index in [1.165, 1.54) is 19.1 Å². The number of carbonyl (C=O) groups excluding carboxylic acids is 3. The largest absolute Gasteiger partial charge is 0.351 e. The Morgan fingerprint density at radius 2 is 1.62 bits per heavy atom. The molecule has 3 amide bonds. The average molecular weight is 623 g/mol. The number of nitrogens with one attached hydrogen (secondary N) is 3. The van der Waals surface area contributed by atoms with Gasteiger partial charge in [-0.25, -0.2) is 8.42 Å². The van der Waals surface area contributed by atoms with Crippen LogP contribution in [0.15, 0.2) is 65.6 Å². The number of rotatable bonds is 7. The van der Waals surface area contributed by atoms with Crippen molar-refractivity contribution in [2.24, 2.45) is 0 Å². The second-order valence-electron chi connectivity index (χ2n) is 9.52. The molecule has 1 unspecified atom stereocenters.